The summed E-state index contributed by atoms with van der Waals surface area (Å²) in [7, 11) is 0. The third kappa shape index (κ3) is 22.5. The van der Waals surface area contributed by atoms with E-state index in [1.165, 1.54) is 0 Å². The molecule has 0 aromatic rings. The van der Waals surface area contributed by atoms with Crippen LogP contribution < -0.4 is 0 Å². The molecule has 0 aliphatic carbocycles. The highest BCUT2D eigenvalue weighted by molar-refractivity contribution is 5.75. The van der Waals surface area contributed by atoms with Crippen LogP contribution in [0.4, 0.5) is 0 Å². The number of nitriles is 2. The summed E-state index contributed by atoms with van der Waals surface area (Å²) in [4.78, 5) is 19.3. The summed E-state index contributed by atoms with van der Waals surface area (Å²) < 4.78 is 0. The van der Waals surface area contributed by atoms with Crippen molar-refractivity contribution in [1.82, 2.24) is 0 Å². The minimum absolute atomic E-state index is 0.296. The summed E-state index contributed by atoms with van der Waals surface area (Å²) in [5, 5.41) is 31.4. The van der Waals surface area contributed by atoms with Gasteiger partial charge in [-0.1, -0.05) is 0 Å². The maximum atomic E-state index is 9.64. The fraction of sp³-hybridized carbons (Fsp3) is 0.500. The first kappa shape index (κ1) is 14.4. The molecule has 0 aromatic carbocycles. The Balaban J connectivity index is 0. The molecule has 0 fully saturated rings. The molecule has 0 unspecified atom stereocenters. The molecule has 76 valence electrons. The Morgan fingerprint density at radius 1 is 0.929 bits per heavy atom. The Kier molecular flexibility index (Phi) is 11.3. The second-order valence-corrected chi connectivity index (χ2v) is 2.10. The van der Waals surface area contributed by atoms with Crippen LogP contribution in [0.15, 0.2) is 0 Å². The number of unbranched alkanes of at least 4 members (excludes halogenated alkanes) is 1. The van der Waals surface area contributed by atoms with Gasteiger partial charge < -0.3 is 10.2 Å². The smallest absolute Gasteiger partial charge is 0.303 e. The minimum atomic E-state index is -1.08. The van der Waals surface area contributed by atoms with Gasteiger partial charge in [0.2, 0.25) is 0 Å². The molecular formula is C8H10N2O4. The molecular weight excluding hydrogens is 188 g/mol. The zero-order valence-corrected chi connectivity index (χ0v) is 7.43. The number of hydrogen-bond donors (Lipinski definition) is 2. The Bertz CT molecular complexity index is 233. The number of carboxylic acid groups (broad SMARTS) is 2. The monoisotopic (exact) mass is 198 g/mol. The third-order valence-electron chi connectivity index (χ3n) is 0.901. The quantitative estimate of drug-likeness (QED) is 0.642. The van der Waals surface area contributed by atoms with Gasteiger partial charge in [-0.15, -0.1) is 0 Å². The summed E-state index contributed by atoms with van der Waals surface area (Å²) in [6, 6.07) is 3.69. The fourth-order valence-electron chi connectivity index (χ4n) is 0.326. The van der Waals surface area contributed by atoms with Gasteiger partial charge in [0.05, 0.1) is 25.0 Å². The molecule has 0 aromatic heterocycles. The number of carboxylic acids is 2. The molecule has 0 aliphatic rings. The highest BCUT2D eigenvalue weighted by Gasteiger charge is 2.00. The summed E-state index contributed by atoms with van der Waals surface area (Å²) in [6.45, 7) is 0. The fourth-order valence-corrected chi connectivity index (χ4v) is 0.326. The largest absolute Gasteiger partial charge is 0.481 e. The van der Waals surface area contributed by atoms with Crippen molar-refractivity contribution in [1.29, 1.82) is 10.5 Å². The van der Waals surface area contributed by atoms with Crippen molar-refractivity contribution in [2.24, 2.45) is 0 Å². The van der Waals surface area contributed by atoms with E-state index < -0.39 is 11.9 Å². The maximum Gasteiger partial charge on any atom is 0.303 e. The van der Waals surface area contributed by atoms with Crippen LogP contribution in [0.1, 0.15) is 25.7 Å². The van der Waals surface area contributed by atoms with Crippen molar-refractivity contribution in [2.45, 2.75) is 25.7 Å². The molecule has 0 amide bonds. The predicted octanol–water partition coefficient (Wildman–Crippen LogP) is 0.750. The Labute approximate surface area is 81.0 Å². The van der Waals surface area contributed by atoms with E-state index in [1.54, 1.807) is 0 Å². The Hall–Kier alpha value is -2.08. The number of aliphatic carboxylic acids is 2. The Morgan fingerprint density at radius 3 is 1.36 bits per heavy atom. The van der Waals surface area contributed by atoms with E-state index in [2.05, 4.69) is 0 Å². The van der Waals surface area contributed by atoms with Gasteiger partial charge in [0.15, 0.2) is 0 Å². The van der Waals surface area contributed by atoms with Crippen LogP contribution in [0.5, 0.6) is 0 Å². The molecule has 0 atom stereocenters. The van der Waals surface area contributed by atoms with Crippen molar-refractivity contribution >= 4 is 11.9 Å². The van der Waals surface area contributed by atoms with Gasteiger partial charge in [-0.05, 0) is 0 Å². The molecule has 0 aliphatic heterocycles. The topological polar surface area (TPSA) is 122 Å². The molecule has 14 heavy (non-hydrogen) atoms. The first-order valence-corrected chi connectivity index (χ1v) is 3.72. The summed E-state index contributed by atoms with van der Waals surface area (Å²) in [6.07, 6.45) is 0.123. The third-order valence-corrected chi connectivity index (χ3v) is 0.901. The van der Waals surface area contributed by atoms with Crippen LogP contribution in [-0.2, 0) is 9.59 Å². The average Bonchev–Trinajstić information content (AvgIpc) is 2.12. The van der Waals surface area contributed by atoms with Crippen LogP contribution in [0.3, 0.4) is 0 Å². The lowest BCUT2D eigenvalue weighted by Crippen LogP contribution is -2.00. The average molecular weight is 198 g/mol. The van der Waals surface area contributed by atoms with Crippen LogP contribution in [-0.4, -0.2) is 22.2 Å². The summed E-state index contributed by atoms with van der Waals surface area (Å²) in [5.74, 6) is -2.15. The van der Waals surface area contributed by atoms with Crippen molar-refractivity contribution in [2.75, 3.05) is 0 Å². The van der Waals surface area contributed by atoms with E-state index in [-0.39, 0.29) is 12.8 Å². The van der Waals surface area contributed by atoms with Gasteiger partial charge in [-0.25, -0.2) is 0 Å². The van der Waals surface area contributed by atoms with Gasteiger partial charge in [0.1, 0.15) is 0 Å². The standard InChI is InChI=1S/C4H4N2.C4H6O4/c5-3-1-2-4-6;5-3(6)1-2-4(7)8/h1-2H2;1-2H2,(H,5,6)(H,7,8). The van der Waals surface area contributed by atoms with Crippen molar-refractivity contribution in [3.05, 3.63) is 0 Å². The molecule has 0 saturated carbocycles. The lowest BCUT2D eigenvalue weighted by Gasteiger charge is -1.85. The maximum absolute atomic E-state index is 9.64. The number of carbonyl (C=O) groups is 2. The van der Waals surface area contributed by atoms with Gasteiger partial charge >= 0.3 is 11.9 Å². The van der Waals surface area contributed by atoms with Crippen LogP contribution in [0, 0.1) is 22.7 Å². The second kappa shape index (κ2) is 10.9. The second-order valence-electron chi connectivity index (χ2n) is 2.10. The SMILES string of the molecule is N#CCCC#N.O=C(O)CCC(=O)O. The lowest BCUT2D eigenvalue weighted by atomic mass is 10.3. The molecule has 0 spiro atoms. The van der Waals surface area contributed by atoms with Crippen LogP contribution in [0.25, 0.3) is 0 Å². The molecule has 0 bridgehead atoms. The van der Waals surface area contributed by atoms with E-state index in [4.69, 9.17) is 20.7 Å². The molecule has 0 heterocycles. The highest BCUT2D eigenvalue weighted by Crippen LogP contribution is 1.86. The minimum Gasteiger partial charge on any atom is -0.481 e. The number of hydrogen-bond acceptors (Lipinski definition) is 4. The molecule has 2 N–H and O–H groups in total. The van der Waals surface area contributed by atoms with Gasteiger partial charge in [-0.2, -0.15) is 10.5 Å². The predicted molar refractivity (Wildman–Crippen MR) is 45.0 cm³/mol. The first-order chi connectivity index (χ1) is 6.54. The van der Waals surface area contributed by atoms with Crippen LogP contribution >= 0.6 is 0 Å². The normalized spacial score (nSPS) is 7.29. The molecule has 6 nitrogen and oxygen atoms in total. The highest BCUT2D eigenvalue weighted by atomic mass is 16.4. The molecule has 0 saturated heterocycles. The zero-order chi connectivity index (χ0) is 11.4. The molecule has 6 heteroatoms. The zero-order valence-electron chi connectivity index (χ0n) is 7.43. The van der Waals surface area contributed by atoms with Crippen molar-refractivity contribution < 1.29 is 19.8 Å². The Morgan fingerprint density at radius 2 is 1.21 bits per heavy atom. The van der Waals surface area contributed by atoms with Gasteiger partial charge in [0, 0.05) is 12.8 Å². The lowest BCUT2D eigenvalue weighted by molar-refractivity contribution is -0.143. The molecule has 0 rings (SSSR count). The number of rotatable bonds is 4. The van der Waals surface area contributed by atoms with E-state index in [1.807, 2.05) is 12.1 Å². The van der Waals surface area contributed by atoms with Gasteiger partial charge in [0.25, 0.3) is 0 Å². The van der Waals surface area contributed by atoms with Crippen LogP contribution in [0.2, 0.25) is 0 Å². The van der Waals surface area contributed by atoms with E-state index in [9.17, 15) is 9.59 Å². The molecule has 0 radical (unpaired) electrons. The van der Waals surface area contributed by atoms with E-state index in [0.29, 0.717) is 12.8 Å². The first-order valence-electron chi connectivity index (χ1n) is 3.72. The van der Waals surface area contributed by atoms with E-state index >= 15 is 0 Å². The summed E-state index contributed by atoms with van der Waals surface area (Å²) in [5.41, 5.74) is 0. The summed E-state index contributed by atoms with van der Waals surface area (Å²) >= 11 is 0. The van der Waals surface area contributed by atoms with E-state index in [0.717, 1.165) is 0 Å². The van der Waals surface area contributed by atoms with Crippen molar-refractivity contribution in [3.63, 3.8) is 0 Å². The number of nitrogens with zero attached hydrogens (tertiary/aromatic N) is 2. The van der Waals surface area contributed by atoms with Crippen molar-refractivity contribution in [3.8, 4) is 12.1 Å². The van der Waals surface area contributed by atoms with Gasteiger partial charge in [-0.3, -0.25) is 9.59 Å².